The second-order valence-corrected chi connectivity index (χ2v) is 10.2. The van der Waals surface area contributed by atoms with Crippen molar-refractivity contribution in [2.24, 2.45) is 0 Å². The first-order valence-corrected chi connectivity index (χ1v) is 12.7. The number of piperidine rings is 1. The third-order valence-electron chi connectivity index (χ3n) is 6.65. The normalized spacial score (nSPS) is 18.3. The SMILES string of the molecule is Cc1cc(NC(=O)c2cccc(F)c2)sc1C(=O)N1CCCC(c2nnc3n2CCCCC3)C1. The molecule has 2 aliphatic heterocycles. The van der Waals surface area contributed by atoms with E-state index in [1.165, 1.54) is 36.0 Å². The number of aryl methyl sites for hydroxylation is 2. The number of nitrogens with one attached hydrogen (secondary N) is 1. The Morgan fingerprint density at radius 3 is 2.85 bits per heavy atom. The van der Waals surface area contributed by atoms with Gasteiger partial charge in [-0.25, -0.2) is 4.39 Å². The van der Waals surface area contributed by atoms with Crippen molar-refractivity contribution in [2.75, 3.05) is 18.4 Å². The van der Waals surface area contributed by atoms with E-state index in [1.807, 2.05) is 11.8 Å². The lowest BCUT2D eigenvalue weighted by atomic mass is 9.96. The largest absolute Gasteiger partial charge is 0.337 e. The number of fused-ring (bicyclic) bond motifs is 1. The molecule has 7 nitrogen and oxygen atoms in total. The van der Waals surface area contributed by atoms with Crippen molar-refractivity contribution >= 4 is 28.2 Å². The van der Waals surface area contributed by atoms with Crippen LogP contribution in [-0.2, 0) is 13.0 Å². The number of carbonyl (C=O) groups excluding carboxylic acids is 2. The van der Waals surface area contributed by atoms with E-state index >= 15 is 0 Å². The number of benzene rings is 1. The Kier molecular flexibility index (Phi) is 6.45. The highest BCUT2D eigenvalue weighted by Gasteiger charge is 2.31. The Morgan fingerprint density at radius 1 is 1.12 bits per heavy atom. The van der Waals surface area contributed by atoms with Crippen LogP contribution in [-0.4, -0.2) is 44.6 Å². The van der Waals surface area contributed by atoms with E-state index in [0.29, 0.717) is 23.0 Å². The molecule has 0 radical (unpaired) electrons. The number of hydrogen-bond donors (Lipinski definition) is 1. The highest BCUT2D eigenvalue weighted by atomic mass is 32.1. The van der Waals surface area contributed by atoms with Crippen LogP contribution in [0.5, 0.6) is 0 Å². The van der Waals surface area contributed by atoms with Gasteiger partial charge in [0, 0.05) is 37.5 Å². The Balaban J connectivity index is 1.29. The maximum Gasteiger partial charge on any atom is 0.264 e. The van der Waals surface area contributed by atoms with Crippen LogP contribution >= 0.6 is 11.3 Å². The number of hydrogen-bond acceptors (Lipinski definition) is 5. The van der Waals surface area contributed by atoms with Gasteiger partial charge < -0.3 is 14.8 Å². The van der Waals surface area contributed by atoms with Crippen molar-refractivity contribution in [3.05, 3.63) is 63.8 Å². The number of halogens is 1. The minimum atomic E-state index is -0.463. The fourth-order valence-electron chi connectivity index (χ4n) is 4.90. The molecular weight excluding hydrogens is 453 g/mol. The van der Waals surface area contributed by atoms with Crippen LogP contribution in [0.3, 0.4) is 0 Å². The molecule has 1 aromatic carbocycles. The topological polar surface area (TPSA) is 80.1 Å². The van der Waals surface area contributed by atoms with Gasteiger partial charge in [-0.3, -0.25) is 9.59 Å². The van der Waals surface area contributed by atoms with E-state index < -0.39 is 11.7 Å². The summed E-state index contributed by atoms with van der Waals surface area (Å²) < 4.78 is 15.7. The summed E-state index contributed by atoms with van der Waals surface area (Å²) in [5.74, 6) is 1.39. The van der Waals surface area contributed by atoms with Gasteiger partial charge in [0.2, 0.25) is 0 Å². The monoisotopic (exact) mass is 481 g/mol. The molecule has 5 rings (SSSR count). The van der Waals surface area contributed by atoms with E-state index in [2.05, 4.69) is 20.1 Å². The first kappa shape index (κ1) is 22.7. The van der Waals surface area contributed by atoms with Gasteiger partial charge in [0.15, 0.2) is 0 Å². The van der Waals surface area contributed by atoms with Gasteiger partial charge in [-0.2, -0.15) is 0 Å². The van der Waals surface area contributed by atoms with Crippen LogP contribution in [0.15, 0.2) is 30.3 Å². The number of carbonyl (C=O) groups is 2. The quantitative estimate of drug-likeness (QED) is 0.581. The molecule has 3 aromatic rings. The van der Waals surface area contributed by atoms with E-state index in [4.69, 9.17) is 0 Å². The molecule has 4 heterocycles. The standard InChI is InChI=1S/C25H28FN5O2S/c1-16-13-21(27-24(32)17-7-5-9-19(26)14-17)34-22(16)25(33)30-11-6-8-18(15-30)23-29-28-20-10-3-2-4-12-31(20)23/h5,7,9,13-14,18H,2-4,6,8,10-12,15H2,1H3,(H,27,32). The fourth-order valence-corrected chi connectivity index (χ4v) is 5.93. The van der Waals surface area contributed by atoms with Crippen LogP contribution in [0.25, 0.3) is 0 Å². The number of aromatic nitrogens is 3. The van der Waals surface area contributed by atoms with Gasteiger partial charge in [0.25, 0.3) is 11.8 Å². The van der Waals surface area contributed by atoms with Crippen molar-refractivity contribution in [2.45, 2.75) is 57.9 Å². The summed E-state index contributed by atoms with van der Waals surface area (Å²) in [4.78, 5) is 28.4. The molecule has 2 aliphatic rings. The molecule has 0 saturated carbocycles. The highest BCUT2D eigenvalue weighted by molar-refractivity contribution is 7.18. The molecule has 1 unspecified atom stereocenters. The molecule has 0 aliphatic carbocycles. The van der Waals surface area contributed by atoms with Gasteiger partial charge in [0.05, 0.1) is 9.88 Å². The minimum absolute atomic E-state index is 0.0194. The molecule has 0 bridgehead atoms. The summed E-state index contributed by atoms with van der Waals surface area (Å²) >= 11 is 1.26. The Morgan fingerprint density at radius 2 is 2.00 bits per heavy atom. The first-order valence-electron chi connectivity index (χ1n) is 11.9. The second-order valence-electron chi connectivity index (χ2n) is 9.11. The van der Waals surface area contributed by atoms with Crippen molar-refractivity contribution in [1.82, 2.24) is 19.7 Å². The average Bonchev–Trinajstić information content (AvgIpc) is 3.33. The summed E-state index contributed by atoms with van der Waals surface area (Å²) in [5.41, 5.74) is 1.06. The summed E-state index contributed by atoms with van der Waals surface area (Å²) in [6.07, 6.45) is 6.41. The van der Waals surface area contributed by atoms with Crippen LogP contribution < -0.4 is 5.32 Å². The molecule has 1 atom stereocenters. The lowest BCUT2D eigenvalue weighted by molar-refractivity contribution is 0.0707. The van der Waals surface area contributed by atoms with E-state index in [1.54, 1.807) is 12.1 Å². The predicted octanol–water partition coefficient (Wildman–Crippen LogP) is 4.79. The zero-order chi connectivity index (χ0) is 23.7. The number of thiophene rings is 1. The van der Waals surface area contributed by atoms with Gasteiger partial charge in [-0.1, -0.05) is 12.5 Å². The van der Waals surface area contributed by atoms with Crippen molar-refractivity contribution < 1.29 is 14.0 Å². The molecule has 9 heteroatoms. The molecule has 2 amide bonds. The van der Waals surface area contributed by atoms with Gasteiger partial charge in [-0.15, -0.1) is 21.5 Å². The molecule has 2 aromatic heterocycles. The summed E-state index contributed by atoms with van der Waals surface area (Å²) in [7, 11) is 0. The molecule has 0 spiro atoms. The van der Waals surface area contributed by atoms with Crippen molar-refractivity contribution in [3.63, 3.8) is 0 Å². The average molecular weight is 482 g/mol. The Hall–Kier alpha value is -3.07. The second kappa shape index (κ2) is 9.66. The smallest absolute Gasteiger partial charge is 0.264 e. The molecule has 1 fully saturated rings. The predicted molar refractivity (Wildman–Crippen MR) is 129 cm³/mol. The Bertz CT molecular complexity index is 1220. The summed E-state index contributed by atoms with van der Waals surface area (Å²) in [5, 5.41) is 12.3. The zero-order valence-corrected chi connectivity index (χ0v) is 20.0. The first-order chi connectivity index (χ1) is 16.5. The molecule has 1 saturated heterocycles. The number of amides is 2. The number of nitrogens with zero attached hydrogens (tertiary/aromatic N) is 4. The summed E-state index contributed by atoms with van der Waals surface area (Å²) in [6, 6.07) is 7.35. The number of rotatable bonds is 4. The van der Waals surface area contributed by atoms with Crippen LogP contribution in [0.1, 0.15) is 75.3 Å². The van der Waals surface area contributed by atoms with Gasteiger partial charge in [0.1, 0.15) is 17.5 Å². The van der Waals surface area contributed by atoms with Gasteiger partial charge >= 0.3 is 0 Å². The summed E-state index contributed by atoms with van der Waals surface area (Å²) in [6.45, 7) is 4.17. The number of anilines is 1. The van der Waals surface area contributed by atoms with E-state index in [-0.39, 0.29) is 17.4 Å². The molecule has 178 valence electrons. The maximum absolute atomic E-state index is 13.5. The van der Waals surface area contributed by atoms with Crippen LogP contribution in [0.2, 0.25) is 0 Å². The van der Waals surface area contributed by atoms with Crippen molar-refractivity contribution in [1.29, 1.82) is 0 Å². The Labute approximate surface area is 202 Å². The highest BCUT2D eigenvalue weighted by Crippen LogP contribution is 2.32. The number of likely N-dealkylation sites (tertiary alicyclic amines) is 1. The molecule has 1 N–H and O–H groups in total. The van der Waals surface area contributed by atoms with Crippen LogP contribution in [0, 0.1) is 12.7 Å². The van der Waals surface area contributed by atoms with E-state index in [0.717, 1.165) is 55.9 Å². The molecular formula is C25H28FN5O2S. The molecule has 34 heavy (non-hydrogen) atoms. The van der Waals surface area contributed by atoms with Gasteiger partial charge in [-0.05, 0) is 62.4 Å². The van der Waals surface area contributed by atoms with E-state index in [9.17, 15) is 14.0 Å². The van der Waals surface area contributed by atoms with Crippen molar-refractivity contribution in [3.8, 4) is 0 Å². The fraction of sp³-hybridized carbons (Fsp3) is 0.440. The third kappa shape index (κ3) is 4.61. The lowest BCUT2D eigenvalue weighted by Gasteiger charge is -2.32. The zero-order valence-electron chi connectivity index (χ0n) is 19.2. The third-order valence-corrected chi connectivity index (χ3v) is 7.79. The minimum Gasteiger partial charge on any atom is -0.337 e. The van der Waals surface area contributed by atoms with Crippen LogP contribution in [0.4, 0.5) is 9.39 Å². The lowest BCUT2D eigenvalue weighted by Crippen LogP contribution is -2.39. The maximum atomic E-state index is 13.5.